The van der Waals surface area contributed by atoms with Crippen molar-refractivity contribution in [1.29, 1.82) is 0 Å². The zero-order valence-corrected chi connectivity index (χ0v) is 18.6. The fraction of sp³-hybridized carbons (Fsp3) is 0.364. The van der Waals surface area contributed by atoms with Crippen LogP contribution in [0.15, 0.2) is 36.7 Å². The molecule has 0 radical (unpaired) electrons. The highest BCUT2D eigenvalue weighted by atomic mass is 31.2. The highest BCUT2D eigenvalue weighted by Gasteiger charge is 2.31. The van der Waals surface area contributed by atoms with E-state index in [1.165, 1.54) is 25.6 Å². The van der Waals surface area contributed by atoms with Crippen LogP contribution in [0.5, 0.6) is 5.75 Å². The van der Waals surface area contributed by atoms with Crippen LogP contribution >= 0.6 is 7.14 Å². The third kappa shape index (κ3) is 4.19. The van der Waals surface area contributed by atoms with E-state index in [-0.39, 0.29) is 5.56 Å². The van der Waals surface area contributed by atoms with Crippen LogP contribution in [0, 0.1) is 5.82 Å². The summed E-state index contributed by atoms with van der Waals surface area (Å²) in [5, 5.41) is 7.56. The molecule has 0 saturated carbocycles. The Labute approximate surface area is 184 Å². The van der Waals surface area contributed by atoms with Gasteiger partial charge >= 0.3 is 0 Å². The Morgan fingerprint density at radius 1 is 1.16 bits per heavy atom. The van der Waals surface area contributed by atoms with Gasteiger partial charge in [0, 0.05) is 42.4 Å². The fourth-order valence-corrected chi connectivity index (χ4v) is 6.69. The molecule has 2 heterocycles. The Balaban J connectivity index is 1.76. The van der Waals surface area contributed by atoms with Crippen LogP contribution in [0.2, 0.25) is 0 Å². The molecule has 1 atom stereocenters. The van der Waals surface area contributed by atoms with E-state index >= 15 is 0 Å². The number of halogens is 3. The van der Waals surface area contributed by atoms with Crippen molar-refractivity contribution >= 4 is 29.2 Å². The lowest BCUT2D eigenvalue weighted by molar-refractivity contribution is 0.146. The monoisotopic (exact) mass is 464 g/mol. The van der Waals surface area contributed by atoms with E-state index in [2.05, 4.69) is 20.6 Å². The minimum absolute atomic E-state index is 0.106. The zero-order chi connectivity index (χ0) is 22.9. The van der Waals surface area contributed by atoms with Crippen molar-refractivity contribution in [3.63, 3.8) is 0 Å². The molecule has 0 bridgehead atoms. The number of hydrogen-bond donors (Lipinski definition) is 2. The predicted octanol–water partition coefficient (Wildman–Crippen LogP) is 4.48. The number of aromatic nitrogens is 2. The second-order valence-electron chi connectivity index (χ2n) is 7.77. The molecule has 2 N–H and O–H groups in total. The first kappa shape index (κ1) is 22.6. The number of ether oxygens (including phenoxy) is 1. The van der Waals surface area contributed by atoms with Gasteiger partial charge in [0.1, 0.15) is 30.9 Å². The predicted molar refractivity (Wildman–Crippen MR) is 119 cm³/mol. The summed E-state index contributed by atoms with van der Waals surface area (Å²) in [6.07, 6.45) is -0.505. The van der Waals surface area contributed by atoms with Crippen molar-refractivity contribution in [2.75, 3.05) is 37.8 Å². The Morgan fingerprint density at radius 2 is 1.88 bits per heavy atom. The lowest BCUT2D eigenvalue weighted by Gasteiger charge is -2.26. The van der Waals surface area contributed by atoms with Gasteiger partial charge in [-0.2, -0.15) is 0 Å². The van der Waals surface area contributed by atoms with Gasteiger partial charge in [0.2, 0.25) is 0 Å². The quantitative estimate of drug-likeness (QED) is 0.524. The lowest BCUT2D eigenvalue weighted by atomic mass is 10.0. The molecular formula is C22H24F3N4O2P. The first-order valence-electron chi connectivity index (χ1n) is 10.3. The Morgan fingerprint density at radius 3 is 2.56 bits per heavy atom. The van der Waals surface area contributed by atoms with E-state index in [1.54, 1.807) is 19.1 Å². The molecule has 1 aromatic heterocycles. The molecule has 1 saturated heterocycles. The van der Waals surface area contributed by atoms with Crippen molar-refractivity contribution in [2.24, 2.45) is 0 Å². The molecule has 1 fully saturated rings. The van der Waals surface area contributed by atoms with Gasteiger partial charge in [-0.15, -0.1) is 0 Å². The molecule has 6 nitrogen and oxygen atoms in total. The standard InChI is InChI=1S/C22H24F3N4O2P/c1-13(14-4-3-5-15(20(14)23)21(24)25)29-22-16-10-19(32(30)8-6-26-7-9-32)18(31-2)11-17(16)27-12-28-22/h3-5,10-13,21,26H,6-9H2,1-2H3,(H,27,28,29)/t13-/m1/s1. The number of benzene rings is 2. The van der Waals surface area contributed by atoms with Crippen molar-refractivity contribution in [2.45, 2.75) is 19.4 Å². The van der Waals surface area contributed by atoms with Gasteiger partial charge in [-0.3, -0.25) is 0 Å². The largest absolute Gasteiger partial charge is 0.496 e. The number of methoxy groups -OCH3 is 1. The molecule has 0 aliphatic carbocycles. The summed E-state index contributed by atoms with van der Waals surface area (Å²) in [5.74, 6) is -0.0338. The topological polar surface area (TPSA) is 76.1 Å². The van der Waals surface area contributed by atoms with E-state index in [4.69, 9.17) is 4.74 Å². The van der Waals surface area contributed by atoms with Crippen molar-refractivity contribution < 1.29 is 22.5 Å². The second kappa shape index (κ2) is 9.08. The Kier molecular flexibility index (Phi) is 6.40. The van der Waals surface area contributed by atoms with Crippen LogP contribution in [0.4, 0.5) is 19.0 Å². The van der Waals surface area contributed by atoms with Crippen molar-refractivity contribution in [3.05, 3.63) is 53.6 Å². The van der Waals surface area contributed by atoms with Gasteiger partial charge in [0.05, 0.1) is 29.5 Å². The minimum Gasteiger partial charge on any atom is -0.496 e. The summed E-state index contributed by atoms with van der Waals surface area (Å²) in [7, 11) is -1.15. The normalized spacial score (nSPS) is 16.8. The van der Waals surface area contributed by atoms with Crippen LogP contribution in [-0.4, -0.2) is 42.5 Å². The van der Waals surface area contributed by atoms with Gasteiger partial charge in [-0.1, -0.05) is 18.2 Å². The molecule has 0 spiro atoms. The van der Waals surface area contributed by atoms with Crippen LogP contribution in [0.25, 0.3) is 10.9 Å². The first-order valence-corrected chi connectivity index (χ1v) is 12.4. The van der Waals surface area contributed by atoms with E-state index in [1.807, 2.05) is 0 Å². The van der Waals surface area contributed by atoms with E-state index in [0.29, 0.717) is 53.2 Å². The summed E-state index contributed by atoms with van der Waals surface area (Å²) in [6, 6.07) is 6.80. The third-order valence-electron chi connectivity index (χ3n) is 5.79. The van der Waals surface area contributed by atoms with E-state index < -0.39 is 31.0 Å². The molecule has 2 aromatic carbocycles. The van der Waals surface area contributed by atoms with Gasteiger partial charge in [-0.05, 0) is 13.0 Å². The average Bonchev–Trinajstić information content (AvgIpc) is 2.78. The molecule has 1 aliphatic heterocycles. The number of alkyl halides is 2. The van der Waals surface area contributed by atoms with Crippen LogP contribution < -0.4 is 20.7 Å². The van der Waals surface area contributed by atoms with Crippen molar-refractivity contribution in [3.8, 4) is 5.75 Å². The van der Waals surface area contributed by atoms with Gasteiger partial charge in [0.25, 0.3) is 6.43 Å². The summed E-state index contributed by atoms with van der Waals surface area (Å²) in [4.78, 5) is 8.58. The smallest absolute Gasteiger partial charge is 0.266 e. The number of nitrogens with zero attached hydrogens (tertiary/aromatic N) is 2. The highest BCUT2D eigenvalue weighted by Crippen LogP contribution is 2.48. The van der Waals surface area contributed by atoms with Crippen LogP contribution in [-0.2, 0) is 4.57 Å². The van der Waals surface area contributed by atoms with Crippen LogP contribution in [0.3, 0.4) is 0 Å². The van der Waals surface area contributed by atoms with Gasteiger partial charge in [-0.25, -0.2) is 23.1 Å². The Hall–Kier alpha value is -2.64. The first-order chi connectivity index (χ1) is 15.3. The summed E-state index contributed by atoms with van der Waals surface area (Å²) >= 11 is 0. The summed E-state index contributed by atoms with van der Waals surface area (Å²) in [5.41, 5.74) is 0.0352. The summed E-state index contributed by atoms with van der Waals surface area (Å²) < 4.78 is 60.0. The zero-order valence-electron chi connectivity index (χ0n) is 17.7. The van der Waals surface area contributed by atoms with Gasteiger partial charge < -0.3 is 19.9 Å². The number of rotatable bonds is 6. The van der Waals surface area contributed by atoms with Gasteiger partial charge in [0.15, 0.2) is 0 Å². The minimum atomic E-state index is -2.90. The maximum absolute atomic E-state index is 14.6. The lowest BCUT2D eigenvalue weighted by Crippen LogP contribution is -2.32. The molecule has 0 unspecified atom stereocenters. The summed E-state index contributed by atoms with van der Waals surface area (Å²) in [6.45, 7) is 2.98. The van der Waals surface area contributed by atoms with E-state index in [0.717, 1.165) is 6.07 Å². The molecule has 0 amide bonds. The number of hydrogen-bond acceptors (Lipinski definition) is 6. The van der Waals surface area contributed by atoms with Crippen molar-refractivity contribution in [1.82, 2.24) is 15.3 Å². The third-order valence-corrected chi connectivity index (χ3v) is 8.91. The molecule has 10 heteroatoms. The molecule has 3 aromatic rings. The Bertz CT molecular complexity index is 1180. The van der Waals surface area contributed by atoms with Crippen LogP contribution in [0.1, 0.15) is 30.5 Å². The average molecular weight is 464 g/mol. The number of fused-ring (bicyclic) bond motifs is 1. The molecular weight excluding hydrogens is 440 g/mol. The molecule has 4 rings (SSSR count). The van der Waals surface area contributed by atoms with E-state index in [9.17, 15) is 17.7 Å². The maximum Gasteiger partial charge on any atom is 0.266 e. The maximum atomic E-state index is 14.6. The number of nitrogens with one attached hydrogen (secondary N) is 2. The second-order valence-corrected chi connectivity index (χ2v) is 10.9. The fourth-order valence-electron chi connectivity index (χ4n) is 4.02. The highest BCUT2D eigenvalue weighted by molar-refractivity contribution is 7.72. The SMILES string of the molecule is COc1cc2ncnc(N[C@H](C)c3cccc(C(F)F)c3F)c2cc1P1(=O)CCNCC1. The number of anilines is 1. The molecule has 1 aliphatic rings. The molecule has 32 heavy (non-hydrogen) atoms. The molecule has 170 valence electrons.